The molecule has 6 nitrogen and oxygen atoms in total. The first-order valence-corrected chi connectivity index (χ1v) is 7.58. The maximum absolute atomic E-state index is 12.8. The highest BCUT2D eigenvalue weighted by atomic mass is 16.5. The number of hydrogen-bond donors (Lipinski definition) is 1. The van der Waals surface area contributed by atoms with E-state index in [1.54, 1.807) is 18.2 Å². The summed E-state index contributed by atoms with van der Waals surface area (Å²) in [7, 11) is 1.53. The summed E-state index contributed by atoms with van der Waals surface area (Å²) in [5.74, 6) is 0.492. The van der Waals surface area contributed by atoms with Crippen molar-refractivity contribution in [2.24, 2.45) is 0 Å². The third-order valence-corrected chi connectivity index (χ3v) is 4.43. The van der Waals surface area contributed by atoms with Crippen LogP contribution in [0.1, 0.15) is 26.3 Å². The number of aromatic amines is 1. The van der Waals surface area contributed by atoms with Crippen molar-refractivity contribution in [1.82, 2.24) is 14.5 Å². The number of ether oxygens (including phenoxy) is 1. The normalized spacial score (nSPS) is 19.2. The zero-order valence-corrected chi connectivity index (χ0v) is 13.1. The molecule has 0 bridgehead atoms. The first-order valence-electron chi connectivity index (χ1n) is 7.58. The van der Waals surface area contributed by atoms with Crippen LogP contribution in [0.15, 0.2) is 27.8 Å². The fraction of sp³-hybridized carbons (Fsp3) is 0.500. The molecule has 2 heterocycles. The van der Waals surface area contributed by atoms with Crippen molar-refractivity contribution in [3.8, 4) is 5.75 Å². The van der Waals surface area contributed by atoms with Gasteiger partial charge in [0.1, 0.15) is 11.1 Å². The fourth-order valence-electron chi connectivity index (χ4n) is 3.19. The molecular formula is C16H21N3O3. The number of fused-ring (bicyclic) bond motifs is 1. The standard InChI is InChI=1S/C16H21N3O3/c1-10(2)18-8-7-11(9-18)19-15(20)14-12(17-16(19)21)5-4-6-13(14)22-3/h4-6,10-11H,7-9H2,1-3H3,(H,17,21). The summed E-state index contributed by atoms with van der Waals surface area (Å²) in [6.45, 7) is 5.87. The number of nitrogens with one attached hydrogen (secondary N) is 1. The van der Waals surface area contributed by atoms with Crippen molar-refractivity contribution in [1.29, 1.82) is 0 Å². The second-order valence-corrected chi connectivity index (χ2v) is 6.02. The Morgan fingerprint density at radius 1 is 1.32 bits per heavy atom. The van der Waals surface area contributed by atoms with E-state index in [1.165, 1.54) is 11.7 Å². The van der Waals surface area contributed by atoms with Gasteiger partial charge in [0.05, 0.1) is 18.7 Å². The van der Waals surface area contributed by atoms with Crippen molar-refractivity contribution in [3.63, 3.8) is 0 Å². The molecule has 0 amide bonds. The average Bonchev–Trinajstić information content (AvgIpc) is 2.96. The topological polar surface area (TPSA) is 67.3 Å². The zero-order valence-electron chi connectivity index (χ0n) is 13.1. The van der Waals surface area contributed by atoms with Crippen LogP contribution in [-0.2, 0) is 0 Å². The van der Waals surface area contributed by atoms with Gasteiger partial charge in [0.15, 0.2) is 0 Å². The van der Waals surface area contributed by atoms with E-state index in [0.29, 0.717) is 22.7 Å². The minimum atomic E-state index is -0.346. The maximum atomic E-state index is 12.8. The van der Waals surface area contributed by atoms with Gasteiger partial charge < -0.3 is 9.72 Å². The largest absolute Gasteiger partial charge is 0.496 e. The minimum Gasteiger partial charge on any atom is -0.496 e. The van der Waals surface area contributed by atoms with Crippen LogP contribution in [0, 0.1) is 0 Å². The van der Waals surface area contributed by atoms with Crippen LogP contribution in [0.2, 0.25) is 0 Å². The van der Waals surface area contributed by atoms with Crippen LogP contribution in [0.3, 0.4) is 0 Å². The summed E-state index contributed by atoms with van der Waals surface area (Å²) < 4.78 is 6.63. The molecule has 2 aromatic rings. The van der Waals surface area contributed by atoms with E-state index in [0.717, 1.165) is 19.5 Å². The molecule has 0 spiro atoms. The van der Waals surface area contributed by atoms with Crippen LogP contribution in [0.25, 0.3) is 10.9 Å². The highest BCUT2D eigenvalue weighted by Crippen LogP contribution is 2.23. The Morgan fingerprint density at radius 3 is 2.73 bits per heavy atom. The predicted molar refractivity (Wildman–Crippen MR) is 85.7 cm³/mol. The maximum Gasteiger partial charge on any atom is 0.329 e. The third-order valence-electron chi connectivity index (χ3n) is 4.43. The fourth-order valence-corrected chi connectivity index (χ4v) is 3.19. The van der Waals surface area contributed by atoms with E-state index < -0.39 is 0 Å². The molecule has 3 rings (SSSR count). The zero-order chi connectivity index (χ0) is 15.9. The Kier molecular flexibility index (Phi) is 3.78. The molecule has 1 aromatic carbocycles. The molecule has 22 heavy (non-hydrogen) atoms. The number of benzene rings is 1. The first kappa shape index (κ1) is 14.8. The van der Waals surface area contributed by atoms with Gasteiger partial charge in [-0.05, 0) is 32.4 Å². The number of aromatic nitrogens is 2. The SMILES string of the molecule is COc1cccc2[nH]c(=O)n(C3CCN(C(C)C)C3)c(=O)c12. The lowest BCUT2D eigenvalue weighted by Gasteiger charge is -2.20. The predicted octanol–water partition coefficient (Wildman–Crippen LogP) is 1.35. The lowest BCUT2D eigenvalue weighted by Crippen LogP contribution is -2.39. The molecule has 1 aromatic heterocycles. The van der Waals surface area contributed by atoms with Crippen molar-refractivity contribution in [3.05, 3.63) is 39.0 Å². The Labute approximate surface area is 128 Å². The Hall–Kier alpha value is -2.08. The van der Waals surface area contributed by atoms with Gasteiger partial charge in [-0.1, -0.05) is 6.07 Å². The molecule has 118 valence electrons. The third kappa shape index (κ3) is 2.33. The van der Waals surface area contributed by atoms with E-state index in [-0.39, 0.29) is 17.3 Å². The molecule has 1 aliphatic rings. The van der Waals surface area contributed by atoms with Gasteiger partial charge in [-0.3, -0.25) is 14.3 Å². The van der Waals surface area contributed by atoms with Gasteiger partial charge in [0, 0.05) is 19.1 Å². The minimum absolute atomic E-state index is 0.0898. The van der Waals surface area contributed by atoms with Crippen molar-refractivity contribution in [2.75, 3.05) is 20.2 Å². The second kappa shape index (κ2) is 5.61. The summed E-state index contributed by atoms with van der Waals surface area (Å²) in [5, 5.41) is 0.438. The number of likely N-dealkylation sites (tertiary alicyclic amines) is 1. The molecule has 1 unspecified atom stereocenters. The van der Waals surface area contributed by atoms with E-state index in [9.17, 15) is 9.59 Å². The Balaban J connectivity index is 2.15. The number of H-pyrrole nitrogens is 1. The van der Waals surface area contributed by atoms with E-state index in [2.05, 4.69) is 23.7 Å². The van der Waals surface area contributed by atoms with E-state index >= 15 is 0 Å². The molecule has 0 radical (unpaired) electrons. The Bertz CT molecular complexity index is 806. The molecule has 1 atom stereocenters. The molecule has 0 saturated carbocycles. The molecule has 1 fully saturated rings. The van der Waals surface area contributed by atoms with Crippen LogP contribution in [0.5, 0.6) is 5.75 Å². The van der Waals surface area contributed by atoms with Crippen LogP contribution in [-0.4, -0.2) is 40.7 Å². The molecule has 1 aliphatic heterocycles. The number of hydrogen-bond acceptors (Lipinski definition) is 4. The van der Waals surface area contributed by atoms with Crippen LogP contribution < -0.4 is 16.0 Å². The highest BCUT2D eigenvalue weighted by molar-refractivity contribution is 5.83. The monoisotopic (exact) mass is 303 g/mol. The number of methoxy groups -OCH3 is 1. The average molecular weight is 303 g/mol. The van der Waals surface area contributed by atoms with Crippen LogP contribution >= 0.6 is 0 Å². The van der Waals surface area contributed by atoms with E-state index in [1.807, 2.05) is 0 Å². The second-order valence-electron chi connectivity index (χ2n) is 6.02. The summed E-state index contributed by atoms with van der Waals surface area (Å²) >= 11 is 0. The van der Waals surface area contributed by atoms with Gasteiger partial charge in [-0.2, -0.15) is 0 Å². The lowest BCUT2D eigenvalue weighted by molar-refractivity contribution is 0.263. The molecular weight excluding hydrogens is 282 g/mol. The van der Waals surface area contributed by atoms with Gasteiger partial charge in [0.2, 0.25) is 0 Å². The first-order chi connectivity index (χ1) is 10.5. The van der Waals surface area contributed by atoms with Crippen molar-refractivity contribution >= 4 is 10.9 Å². The van der Waals surface area contributed by atoms with Crippen LogP contribution in [0.4, 0.5) is 0 Å². The summed E-state index contributed by atoms with van der Waals surface area (Å²) in [6, 6.07) is 5.54. The number of nitrogens with zero attached hydrogens (tertiary/aromatic N) is 2. The lowest BCUT2D eigenvalue weighted by atomic mass is 10.2. The molecule has 0 aliphatic carbocycles. The van der Waals surface area contributed by atoms with E-state index in [4.69, 9.17) is 4.74 Å². The molecule has 6 heteroatoms. The highest BCUT2D eigenvalue weighted by Gasteiger charge is 2.28. The number of rotatable bonds is 3. The van der Waals surface area contributed by atoms with Gasteiger partial charge in [0.25, 0.3) is 5.56 Å². The molecule has 1 N–H and O–H groups in total. The summed E-state index contributed by atoms with van der Waals surface area (Å²) in [6.07, 6.45) is 0.807. The quantitative estimate of drug-likeness (QED) is 0.929. The van der Waals surface area contributed by atoms with Crippen molar-refractivity contribution < 1.29 is 4.74 Å². The van der Waals surface area contributed by atoms with Gasteiger partial charge >= 0.3 is 5.69 Å². The summed E-state index contributed by atoms with van der Waals surface area (Å²) in [4.78, 5) is 30.3. The van der Waals surface area contributed by atoms with Gasteiger partial charge in [-0.25, -0.2) is 4.79 Å². The molecule has 1 saturated heterocycles. The Morgan fingerprint density at radius 2 is 2.09 bits per heavy atom. The van der Waals surface area contributed by atoms with Gasteiger partial charge in [-0.15, -0.1) is 0 Å². The smallest absolute Gasteiger partial charge is 0.329 e. The summed E-state index contributed by atoms with van der Waals surface area (Å²) in [5.41, 5.74) is -0.0996. The van der Waals surface area contributed by atoms with Crippen molar-refractivity contribution in [2.45, 2.75) is 32.4 Å².